The first kappa shape index (κ1) is 18.4. The second kappa shape index (κ2) is 8.33. The number of nitrogens with one attached hydrogen (secondary N) is 2. The molecule has 0 spiro atoms. The van der Waals surface area contributed by atoms with Crippen molar-refractivity contribution in [3.63, 3.8) is 0 Å². The molecule has 0 bridgehead atoms. The fourth-order valence-corrected chi connectivity index (χ4v) is 3.42. The van der Waals surface area contributed by atoms with E-state index in [1.165, 1.54) is 28.6 Å². The molecule has 3 rings (SSSR count). The van der Waals surface area contributed by atoms with Crippen molar-refractivity contribution in [1.82, 2.24) is 5.27 Å². The van der Waals surface area contributed by atoms with E-state index in [0.717, 1.165) is 5.69 Å². The maximum atomic E-state index is 13.7. The third-order valence-electron chi connectivity index (χ3n) is 3.39. The molecule has 26 heavy (non-hydrogen) atoms. The number of halogens is 2. The van der Waals surface area contributed by atoms with E-state index in [0.29, 0.717) is 15.3 Å². The number of carbonyl (C=O) groups excluding carboxylic acids is 1. The molecule has 1 amide bonds. The standard InChI is InChI=1S/C17H13BrFN3O3S/c18-11-6-7-14(13(19)10-11)20-15(23)8-9-26-16-17(24)25-21-22(16)12-4-2-1-3-5-12/h1-7,10H,8-9H2,(H-,20,21,23,24)/p+1. The highest BCUT2D eigenvalue weighted by Gasteiger charge is 2.23. The molecule has 0 saturated carbocycles. The van der Waals surface area contributed by atoms with Crippen molar-refractivity contribution in [2.24, 2.45) is 0 Å². The maximum Gasteiger partial charge on any atom is 0.442 e. The summed E-state index contributed by atoms with van der Waals surface area (Å²) in [5.41, 5.74) is 0.337. The zero-order chi connectivity index (χ0) is 18.5. The summed E-state index contributed by atoms with van der Waals surface area (Å²) < 4.78 is 20.7. The molecular weight excluding hydrogens is 425 g/mol. The Balaban J connectivity index is 1.61. The van der Waals surface area contributed by atoms with Gasteiger partial charge in [0.25, 0.3) is 0 Å². The summed E-state index contributed by atoms with van der Waals surface area (Å²) >= 11 is 4.34. The third-order valence-corrected chi connectivity index (χ3v) is 4.92. The minimum atomic E-state index is -0.520. The van der Waals surface area contributed by atoms with Gasteiger partial charge in [-0.25, -0.2) is 9.18 Å². The van der Waals surface area contributed by atoms with Gasteiger partial charge in [0.15, 0.2) is 0 Å². The minimum absolute atomic E-state index is 0.111. The molecular formula is C17H14BrFN3O3S+. The molecule has 0 aliphatic carbocycles. The number of hydrogen-bond acceptors (Lipinski definition) is 4. The topological polar surface area (TPSA) is 79.0 Å². The molecule has 6 nitrogen and oxygen atoms in total. The number of thioether (sulfide) groups is 1. The second-order valence-corrected chi connectivity index (χ2v) is 7.23. The molecule has 0 radical (unpaired) electrons. The lowest BCUT2D eigenvalue weighted by Crippen LogP contribution is -2.36. The van der Waals surface area contributed by atoms with E-state index < -0.39 is 11.4 Å². The van der Waals surface area contributed by atoms with Crippen LogP contribution in [-0.2, 0) is 4.79 Å². The predicted molar refractivity (Wildman–Crippen MR) is 98.9 cm³/mol. The van der Waals surface area contributed by atoms with Crippen LogP contribution in [0.25, 0.3) is 5.69 Å². The van der Waals surface area contributed by atoms with E-state index in [2.05, 4.69) is 26.5 Å². The first-order chi connectivity index (χ1) is 12.5. The van der Waals surface area contributed by atoms with Crippen molar-refractivity contribution in [2.45, 2.75) is 11.4 Å². The summed E-state index contributed by atoms with van der Waals surface area (Å²) in [4.78, 5) is 23.9. The third kappa shape index (κ3) is 4.41. The van der Waals surface area contributed by atoms with Gasteiger partial charge in [-0.05, 0) is 39.9 Å². The van der Waals surface area contributed by atoms with Gasteiger partial charge < -0.3 is 5.32 Å². The van der Waals surface area contributed by atoms with Crippen LogP contribution in [0.15, 0.2) is 67.3 Å². The molecule has 1 aromatic heterocycles. The van der Waals surface area contributed by atoms with E-state index in [9.17, 15) is 14.0 Å². The van der Waals surface area contributed by atoms with E-state index in [1.807, 2.05) is 30.3 Å². The molecule has 2 aromatic carbocycles. The summed E-state index contributed by atoms with van der Waals surface area (Å²) in [6.07, 6.45) is 0.111. The van der Waals surface area contributed by atoms with Crippen molar-refractivity contribution >= 4 is 39.3 Å². The van der Waals surface area contributed by atoms with E-state index >= 15 is 0 Å². The largest absolute Gasteiger partial charge is 0.442 e. The van der Waals surface area contributed by atoms with Gasteiger partial charge in [0.1, 0.15) is 5.82 Å². The lowest BCUT2D eigenvalue weighted by molar-refractivity contribution is -0.704. The Morgan fingerprint density at radius 3 is 2.77 bits per heavy atom. The van der Waals surface area contributed by atoms with Crippen LogP contribution < -0.4 is 15.6 Å². The maximum absolute atomic E-state index is 13.7. The Morgan fingerprint density at radius 1 is 1.27 bits per heavy atom. The molecule has 2 N–H and O–H groups in total. The molecule has 134 valence electrons. The number of benzene rings is 2. The van der Waals surface area contributed by atoms with Crippen LogP contribution >= 0.6 is 27.7 Å². The molecule has 1 heterocycles. The summed E-state index contributed by atoms with van der Waals surface area (Å²) in [5.74, 6) is -0.530. The number of anilines is 1. The highest BCUT2D eigenvalue weighted by molar-refractivity contribution is 9.10. The van der Waals surface area contributed by atoms with E-state index in [4.69, 9.17) is 4.52 Å². The van der Waals surface area contributed by atoms with Crippen molar-refractivity contribution in [1.29, 1.82) is 0 Å². The van der Waals surface area contributed by atoms with Gasteiger partial charge >= 0.3 is 10.7 Å². The number of aromatic amines is 1. The van der Waals surface area contributed by atoms with Crippen molar-refractivity contribution in [3.05, 3.63) is 69.2 Å². The van der Waals surface area contributed by atoms with Crippen molar-refractivity contribution in [2.75, 3.05) is 11.1 Å². The van der Waals surface area contributed by atoms with Crippen LogP contribution in [0, 0.1) is 5.82 Å². The summed E-state index contributed by atoms with van der Waals surface area (Å²) in [6.45, 7) is 0. The Labute approximate surface area is 160 Å². The lowest BCUT2D eigenvalue weighted by atomic mass is 10.3. The van der Waals surface area contributed by atoms with Gasteiger partial charge in [0, 0.05) is 28.8 Å². The number of aromatic nitrogens is 2. The van der Waals surface area contributed by atoms with Gasteiger partial charge in [-0.15, -0.1) is 0 Å². The number of para-hydroxylation sites is 1. The highest BCUT2D eigenvalue weighted by Crippen LogP contribution is 2.20. The van der Waals surface area contributed by atoms with Crippen LogP contribution in [0.3, 0.4) is 0 Å². The Bertz CT molecular complexity index is 975. The molecule has 0 aliphatic rings. The molecule has 0 fully saturated rings. The number of hydrogen-bond donors (Lipinski definition) is 2. The number of amides is 1. The first-order valence-electron chi connectivity index (χ1n) is 7.61. The molecule has 0 unspecified atom stereocenters. The molecule has 3 aromatic rings. The summed E-state index contributed by atoms with van der Waals surface area (Å²) in [6, 6.07) is 13.6. The predicted octanol–water partition coefficient (Wildman–Crippen LogP) is 3.27. The van der Waals surface area contributed by atoms with Crippen LogP contribution in [-0.4, -0.2) is 16.9 Å². The van der Waals surface area contributed by atoms with Gasteiger partial charge in [-0.1, -0.05) is 34.1 Å². The fourth-order valence-electron chi connectivity index (χ4n) is 2.18. The lowest BCUT2D eigenvalue weighted by Gasteiger charge is -2.05. The van der Waals surface area contributed by atoms with Gasteiger partial charge in [0.05, 0.1) is 5.69 Å². The number of rotatable bonds is 6. The van der Waals surface area contributed by atoms with Crippen molar-refractivity contribution < 1.29 is 18.4 Å². The minimum Gasteiger partial charge on any atom is -0.324 e. The van der Waals surface area contributed by atoms with Crippen LogP contribution in [0.4, 0.5) is 10.1 Å². The van der Waals surface area contributed by atoms with E-state index in [-0.39, 0.29) is 18.0 Å². The Morgan fingerprint density at radius 2 is 2.04 bits per heavy atom. The molecule has 9 heteroatoms. The zero-order valence-corrected chi connectivity index (χ0v) is 15.8. The number of H-pyrrole nitrogens is 1. The highest BCUT2D eigenvalue weighted by atomic mass is 79.9. The smallest absolute Gasteiger partial charge is 0.324 e. The summed E-state index contributed by atoms with van der Waals surface area (Å²) in [7, 11) is 0. The van der Waals surface area contributed by atoms with Gasteiger partial charge in [-0.2, -0.15) is 0 Å². The second-order valence-electron chi connectivity index (χ2n) is 5.23. The van der Waals surface area contributed by atoms with E-state index in [1.54, 1.807) is 6.07 Å². The normalized spacial score (nSPS) is 10.7. The monoisotopic (exact) mass is 438 g/mol. The fraction of sp³-hybridized carbons (Fsp3) is 0.118. The Kier molecular flexibility index (Phi) is 5.89. The average molecular weight is 439 g/mol. The summed E-state index contributed by atoms with van der Waals surface area (Å²) in [5, 5.41) is 5.38. The van der Waals surface area contributed by atoms with Gasteiger partial charge in [0.2, 0.25) is 11.6 Å². The molecule has 0 saturated heterocycles. The number of nitrogens with zero attached hydrogens (tertiary/aromatic N) is 1. The SMILES string of the molecule is O=C(CCSc1c(=O)o[nH][n+]1-c1ccccc1)Nc1ccc(Br)cc1F. The molecule has 0 aliphatic heterocycles. The first-order valence-corrected chi connectivity index (χ1v) is 9.39. The average Bonchev–Trinajstić information content (AvgIpc) is 2.99. The molecule has 0 atom stereocenters. The number of carbonyl (C=O) groups is 1. The Hall–Kier alpha value is -2.39. The van der Waals surface area contributed by atoms with Crippen LogP contribution in [0.5, 0.6) is 0 Å². The van der Waals surface area contributed by atoms with Crippen LogP contribution in [0.1, 0.15) is 6.42 Å². The zero-order valence-electron chi connectivity index (χ0n) is 13.4. The van der Waals surface area contributed by atoms with Gasteiger partial charge in [-0.3, -0.25) is 9.32 Å². The quantitative estimate of drug-likeness (QED) is 0.457. The van der Waals surface area contributed by atoms with Crippen molar-refractivity contribution in [3.8, 4) is 5.69 Å². The van der Waals surface area contributed by atoms with Crippen LogP contribution in [0.2, 0.25) is 0 Å².